The van der Waals surface area contributed by atoms with Gasteiger partial charge in [0.15, 0.2) is 17.4 Å². The molecule has 0 aliphatic rings. The number of H-pyrrole nitrogens is 1. The maximum Gasteiger partial charge on any atom is 0.317 e. The molecule has 202 valence electrons. The second-order valence-electron chi connectivity index (χ2n) is 9.19. The number of ketones is 1. The van der Waals surface area contributed by atoms with Crippen LogP contribution in [0.3, 0.4) is 0 Å². The first-order valence-corrected chi connectivity index (χ1v) is 11.9. The number of aromatic nitrogens is 3. The van der Waals surface area contributed by atoms with Gasteiger partial charge in [0.05, 0.1) is 23.6 Å². The highest BCUT2D eigenvalue weighted by Gasteiger charge is 2.22. The molecule has 10 nitrogen and oxygen atoms in total. The minimum Gasteiger partial charge on any atom is -0.345 e. The summed E-state index contributed by atoms with van der Waals surface area (Å²) in [6.45, 7) is -0.00965. The number of aromatic amines is 1. The van der Waals surface area contributed by atoms with Gasteiger partial charge < -0.3 is 24.7 Å². The Morgan fingerprint density at radius 1 is 1.13 bits per heavy atom. The van der Waals surface area contributed by atoms with Gasteiger partial charge in [-0.15, -0.1) is 0 Å². The van der Waals surface area contributed by atoms with Crippen molar-refractivity contribution < 1.29 is 23.2 Å². The monoisotopic (exact) mass is 528 g/mol. The lowest BCUT2D eigenvalue weighted by molar-refractivity contribution is -0.123. The number of pyridine rings is 1. The van der Waals surface area contributed by atoms with Gasteiger partial charge in [-0.1, -0.05) is 12.1 Å². The lowest BCUT2D eigenvalue weighted by Crippen LogP contribution is -2.46. The van der Waals surface area contributed by atoms with Crippen LogP contribution in [0.1, 0.15) is 24.2 Å². The zero-order valence-corrected chi connectivity index (χ0v) is 21.6. The second-order valence-corrected chi connectivity index (χ2v) is 9.19. The van der Waals surface area contributed by atoms with Crippen LogP contribution in [-0.4, -0.2) is 76.3 Å². The Bertz CT molecular complexity index is 1390. The number of halogens is 2. The number of rotatable bonds is 10. The van der Waals surface area contributed by atoms with Crippen molar-refractivity contribution in [3.05, 3.63) is 76.0 Å². The van der Waals surface area contributed by atoms with Gasteiger partial charge in [-0.2, -0.15) is 0 Å². The molecule has 2 heterocycles. The maximum atomic E-state index is 13.5. The number of amides is 3. The topological polar surface area (TPSA) is 120 Å². The van der Waals surface area contributed by atoms with E-state index in [1.165, 1.54) is 32.7 Å². The predicted molar refractivity (Wildman–Crippen MR) is 138 cm³/mol. The summed E-state index contributed by atoms with van der Waals surface area (Å²) in [5.41, 5.74) is 0.291. The van der Waals surface area contributed by atoms with Crippen LogP contribution in [0.15, 0.2) is 47.4 Å². The quantitative estimate of drug-likeness (QED) is 0.391. The van der Waals surface area contributed by atoms with Gasteiger partial charge in [-0.3, -0.25) is 14.4 Å². The van der Waals surface area contributed by atoms with Gasteiger partial charge in [0.1, 0.15) is 5.82 Å². The zero-order chi connectivity index (χ0) is 28.0. The van der Waals surface area contributed by atoms with Crippen molar-refractivity contribution in [2.45, 2.75) is 31.8 Å². The molecular formula is C26H30F2N6O4. The molecular weight excluding hydrogens is 498 g/mol. The number of nitrogens with zero attached hydrogens (tertiary/aromatic N) is 4. The molecule has 0 unspecified atom stereocenters. The first-order valence-electron chi connectivity index (χ1n) is 11.9. The predicted octanol–water partition coefficient (Wildman–Crippen LogP) is 2.23. The fourth-order valence-corrected chi connectivity index (χ4v) is 3.64. The molecule has 3 aromatic rings. The van der Waals surface area contributed by atoms with Crippen LogP contribution >= 0.6 is 0 Å². The van der Waals surface area contributed by atoms with Crippen molar-refractivity contribution in [2.24, 2.45) is 0 Å². The fourth-order valence-electron chi connectivity index (χ4n) is 3.64. The molecule has 12 heteroatoms. The minimum absolute atomic E-state index is 0.00965. The van der Waals surface area contributed by atoms with Gasteiger partial charge >= 0.3 is 6.03 Å². The van der Waals surface area contributed by atoms with Crippen molar-refractivity contribution in [3.63, 3.8) is 0 Å². The van der Waals surface area contributed by atoms with Crippen LogP contribution in [0, 0.1) is 11.6 Å². The number of carbonyl (C=O) groups excluding carboxylic acids is 3. The standard InChI is InChI=1S/C26H30F2N6O4/c1-32(2)24(36)10-6-5-9-19(31-26(38)33(3)4)22(35)12-16-8-7-11-34(25(16)37)15-23-29-20-13-17(27)18(28)14-21(20)30-23/h6-8,10-11,13-14,19H,5,9,12,15H2,1-4H3,(H,29,30)(H,31,38)/b10-6+/t19-/m0/s1. The number of likely N-dealkylation sites (N-methyl/N-ethyl adjacent to an activating group) is 1. The van der Waals surface area contributed by atoms with Crippen LogP contribution in [0.25, 0.3) is 11.0 Å². The number of hydrogen-bond acceptors (Lipinski definition) is 5. The highest BCUT2D eigenvalue weighted by Crippen LogP contribution is 2.16. The molecule has 3 rings (SSSR count). The minimum atomic E-state index is -1.02. The molecule has 38 heavy (non-hydrogen) atoms. The molecule has 0 saturated carbocycles. The highest BCUT2D eigenvalue weighted by molar-refractivity contribution is 5.90. The van der Waals surface area contributed by atoms with Crippen LogP contribution in [0.5, 0.6) is 0 Å². The number of Topliss-reactive ketones (excluding diaryl/α,β-unsaturated/α-hetero) is 1. The van der Waals surface area contributed by atoms with E-state index < -0.39 is 29.3 Å². The zero-order valence-electron chi connectivity index (χ0n) is 21.6. The first kappa shape index (κ1) is 28.2. The molecule has 0 spiro atoms. The van der Waals surface area contributed by atoms with Crippen LogP contribution < -0.4 is 10.9 Å². The molecule has 2 aromatic heterocycles. The van der Waals surface area contributed by atoms with E-state index in [4.69, 9.17) is 0 Å². The maximum absolute atomic E-state index is 13.5. The molecule has 0 bridgehead atoms. The Kier molecular flexibility index (Phi) is 9.11. The van der Waals surface area contributed by atoms with E-state index in [9.17, 15) is 28.0 Å². The Hall–Kier alpha value is -4.35. The van der Waals surface area contributed by atoms with E-state index in [-0.39, 0.29) is 42.2 Å². The summed E-state index contributed by atoms with van der Waals surface area (Å²) >= 11 is 0. The van der Waals surface area contributed by atoms with E-state index in [2.05, 4.69) is 15.3 Å². The van der Waals surface area contributed by atoms with Crippen molar-refractivity contribution in [2.75, 3.05) is 28.2 Å². The largest absolute Gasteiger partial charge is 0.345 e. The lowest BCUT2D eigenvalue weighted by atomic mass is 10.0. The summed E-state index contributed by atoms with van der Waals surface area (Å²) in [4.78, 5) is 60.0. The smallest absolute Gasteiger partial charge is 0.317 e. The van der Waals surface area contributed by atoms with Crippen molar-refractivity contribution in [1.82, 2.24) is 29.7 Å². The molecule has 0 aliphatic carbocycles. The summed E-state index contributed by atoms with van der Waals surface area (Å²) in [6, 6.07) is 3.76. The van der Waals surface area contributed by atoms with E-state index in [1.807, 2.05) is 0 Å². The summed E-state index contributed by atoms with van der Waals surface area (Å²) in [7, 11) is 6.33. The average molecular weight is 529 g/mol. The summed E-state index contributed by atoms with van der Waals surface area (Å²) in [6.07, 6.45) is 4.91. The number of fused-ring (bicyclic) bond motifs is 1. The van der Waals surface area contributed by atoms with Crippen molar-refractivity contribution >= 4 is 28.8 Å². The van der Waals surface area contributed by atoms with Gasteiger partial charge in [-0.05, 0) is 25.0 Å². The average Bonchev–Trinajstić information content (AvgIpc) is 3.23. The highest BCUT2D eigenvalue weighted by atomic mass is 19.2. The van der Waals surface area contributed by atoms with E-state index in [1.54, 1.807) is 40.3 Å². The van der Waals surface area contributed by atoms with Gasteiger partial charge in [0.25, 0.3) is 5.56 Å². The third-order valence-corrected chi connectivity index (χ3v) is 5.77. The molecule has 0 saturated heterocycles. The SMILES string of the molecule is CN(C)C(=O)/C=C/CC[C@H](NC(=O)N(C)C)C(=O)Cc1cccn(Cc2nc3cc(F)c(F)cc3[nH]2)c1=O. The number of hydrogen-bond donors (Lipinski definition) is 2. The molecule has 1 aromatic carbocycles. The Balaban J connectivity index is 1.76. The molecule has 2 N–H and O–H groups in total. The second kappa shape index (κ2) is 12.3. The summed E-state index contributed by atoms with van der Waals surface area (Å²) < 4.78 is 28.4. The Morgan fingerprint density at radius 2 is 1.84 bits per heavy atom. The van der Waals surface area contributed by atoms with Crippen LogP contribution in [0.2, 0.25) is 0 Å². The molecule has 3 amide bonds. The number of urea groups is 1. The van der Waals surface area contributed by atoms with E-state index >= 15 is 0 Å². The number of carbonyl (C=O) groups is 3. The molecule has 0 aliphatic heterocycles. The molecule has 1 atom stereocenters. The summed E-state index contributed by atoms with van der Waals surface area (Å²) in [5.74, 6) is -2.29. The van der Waals surface area contributed by atoms with Gasteiger partial charge in [-0.25, -0.2) is 18.6 Å². The number of imidazole rings is 1. The van der Waals surface area contributed by atoms with Crippen LogP contribution in [0.4, 0.5) is 13.6 Å². The van der Waals surface area contributed by atoms with E-state index in [0.717, 1.165) is 12.1 Å². The Labute approximate surface area is 217 Å². The lowest BCUT2D eigenvalue weighted by Gasteiger charge is -2.20. The Morgan fingerprint density at radius 3 is 2.53 bits per heavy atom. The summed E-state index contributed by atoms with van der Waals surface area (Å²) in [5, 5.41) is 2.67. The normalized spacial score (nSPS) is 12.1. The first-order chi connectivity index (χ1) is 18.0. The van der Waals surface area contributed by atoms with Crippen LogP contribution in [-0.2, 0) is 22.6 Å². The van der Waals surface area contributed by atoms with E-state index in [0.29, 0.717) is 17.8 Å². The van der Waals surface area contributed by atoms with Gasteiger partial charge in [0, 0.05) is 58.5 Å². The number of allylic oxidation sites excluding steroid dienone is 1. The third kappa shape index (κ3) is 7.11. The molecule has 0 fully saturated rings. The van der Waals surface area contributed by atoms with Gasteiger partial charge in [0.2, 0.25) is 5.91 Å². The molecule has 0 radical (unpaired) electrons. The van der Waals surface area contributed by atoms with Crippen molar-refractivity contribution in [3.8, 4) is 0 Å². The number of benzene rings is 1. The van der Waals surface area contributed by atoms with Crippen molar-refractivity contribution in [1.29, 1.82) is 0 Å². The number of nitrogens with one attached hydrogen (secondary N) is 2. The third-order valence-electron chi connectivity index (χ3n) is 5.77. The fraction of sp³-hybridized carbons (Fsp3) is 0.346.